The van der Waals surface area contributed by atoms with Gasteiger partial charge in [0.05, 0.1) is 17.8 Å². The first-order chi connectivity index (χ1) is 9.29. The van der Waals surface area contributed by atoms with E-state index in [-0.39, 0.29) is 5.91 Å². The van der Waals surface area contributed by atoms with E-state index < -0.39 is 0 Å². The molecule has 0 bridgehead atoms. The fourth-order valence-electron chi connectivity index (χ4n) is 1.46. The van der Waals surface area contributed by atoms with E-state index in [1.54, 1.807) is 48.5 Å². The summed E-state index contributed by atoms with van der Waals surface area (Å²) >= 11 is 0. The van der Waals surface area contributed by atoms with E-state index >= 15 is 0 Å². The molecule has 4 nitrogen and oxygen atoms in total. The number of nitrogens with zero attached hydrogens (tertiary/aromatic N) is 2. The first kappa shape index (κ1) is 12.5. The largest absolute Gasteiger partial charge is 0.271 e. The third-order valence-corrected chi connectivity index (χ3v) is 2.46. The normalized spacial score (nSPS) is 10.1. The molecule has 1 amide bonds. The topological polar surface area (TPSA) is 65.2 Å². The quantitative estimate of drug-likeness (QED) is 0.670. The summed E-state index contributed by atoms with van der Waals surface area (Å²) in [6.07, 6.45) is 1.53. The molecule has 0 saturated carbocycles. The average Bonchev–Trinajstić information content (AvgIpc) is 2.49. The van der Waals surface area contributed by atoms with Crippen LogP contribution in [0.25, 0.3) is 0 Å². The highest BCUT2D eigenvalue weighted by molar-refractivity contribution is 5.94. The molecule has 0 atom stereocenters. The molecule has 0 heterocycles. The Bertz CT molecular complexity index is 625. The molecule has 0 aliphatic carbocycles. The van der Waals surface area contributed by atoms with Crippen molar-refractivity contribution < 1.29 is 4.79 Å². The fraction of sp³-hybridized carbons (Fsp3) is 0. The number of hydrazone groups is 1. The number of nitriles is 1. The zero-order valence-electron chi connectivity index (χ0n) is 10.1. The Morgan fingerprint density at radius 1 is 1.11 bits per heavy atom. The summed E-state index contributed by atoms with van der Waals surface area (Å²) in [7, 11) is 0. The molecule has 4 heteroatoms. The first-order valence-electron chi connectivity index (χ1n) is 5.68. The second-order valence-electron chi connectivity index (χ2n) is 3.80. The van der Waals surface area contributed by atoms with Gasteiger partial charge >= 0.3 is 0 Å². The van der Waals surface area contributed by atoms with Gasteiger partial charge in [-0.1, -0.05) is 30.3 Å². The van der Waals surface area contributed by atoms with Crippen molar-refractivity contribution in [2.45, 2.75) is 0 Å². The predicted molar refractivity (Wildman–Crippen MR) is 72.7 cm³/mol. The minimum absolute atomic E-state index is 0.259. The maximum absolute atomic E-state index is 11.7. The molecule has 0 radical (unpaired) electrons. The van der Waals surface area contributed by atoms with Crippen molar-refractivity contribution in [3.8, 4) is 6.07 Å². The fourth-order valence-corrected chi connectivity index (χ4v) is 1.46. The summed E-state index contributed by atoms with van der Waals surface area (Å²) in [5, 5.41) is 12.5. The van der Waals surface area contributed by atoms with Crippen LogP contribution in [0, 0.1) is 11.3 Å². The van der Waals surface area contributed by atoms with Gasteiger partial charge in [0.25, 0.3) is 5.91 Å². The van der Waals surface area contributed by atoms with Gasteiger partial charge in [0.15, 0.2) is 0 Å². The molecule has 2 rings (SSSR count). The number of carbonyl (C=O) groups excluding carboxylic acids is 1. The van der Waals surface area contributed by atoms with Gasteiger partial charge in [-0.2, -0.15) is 10.4 Å². The van der Waals surface area contributed by atoms with Crippen LogP contribution in [0.15, 0.2) is 59.7 Å². The molecule has 2 aromatic carbocycles. The van der Waals surface area contributed by atoms with Gasteiger partial charge in [-0.15, -0.1) is 0 Å². The number of nitrogens with one attached hydrogen (secondary N) is 1. The van der Waals surface area contributed by atoms with Gasteiger partial charge in [-0.25, -0.2) is 5.43 Å². The summed E-state index contributed by atoms with van der Waals surface area (Å²) < 4.78 is 0. The van der Waals surface area contributed by atoms with Gasteiger partial charge in [-0.3, -0.25) is 4.79 Å². The monoisotopic (exact) mass is 249 g/mol. The van der Waals surface area contributed by atoms with E-state index in [0.29, 0.717) is 11.1 Å². The minimum Gasteiger partial charge on any atom is -0.267 e. The molecule has 0 saturated heterocycles. The predicted octanol–water partition coefficient (Wildman–Crippen LogP) is 2.32. The Morgan fingerprint density at radius 2 is 1.79 bits per heavy atom. The Hall–Kier alpha value is -2.93. The standard InChI is InChI=1S/C15H11N3O/c16-10-12-6-8-13(9-7-12)11-17-18-15(19)14-4-2-1-3-5-14/h1-9,11H,(H,18,19)/b17-11-. The van der Waals surface area contributed by atoms with E-state index in [4.69, 9.17) is 5.26 Å². The summed E-state index contributed by atoms with van der Waals surface area (Å²) in [6, 6.07) is 17.8. The molecular weight excluding hydrogens is 238 g/mol. The van der Waals surface area contributed by atoms with Crippen molar-refractivity contribution >= 4 is 12.1 Å². The van der Waals surface area contributed by atoms with Gasteiger partial charge in [0.1, 0.15) is 0 Å². The second kappa shape index (κ2) is 6.12. The smallest absolute Gasteiger partial charge is 0.267 e. The molecule has 0 aliphatic rings. The Balaban J connectivity index is 1.96. The average molecular weight is 249 g/mol. The van der Waals surface area contributed by atoms with Crippen LogP contribution in [0.1, 0.15) is 21.5 Å². The van der Waals surface area contributed by atoms with Crippen molar-refractivity contribution in [3.05, 3.63) is 71.3 Å². The summed E-state index contributed by atoms with van der Waals surface area (Å²) in [5.74, 6) is -0.259. The molecule has 0 unspecified atom stereocenters. The zero-order chi connectivity index (χ0) is 13.5. The molecule has 0 aliphatic heterocycles. The van der Waals surface area contributed by atoms with Crippen molar-refractivity contribution in [2.24, 2.45) is 5.10 Å². The van der Waals surface area contributed by atoms with Gasteiger partial charge in [-0.05, 0) is 29.8 Å². The molecule has 19 heavy (non-hydrogen) atoms. The highest BCUT2D eigenvalue weighted by Gasteiger charge is 2.01. The van der Waals surface area contributed by atoms with Gasteiger partial charge in [0.2, 0.25) is 0 Å². The van der Waals surface area contributed by atoms with E-state index in [1.165, 1.54) is 6.21 Å². The lowest BCUT2D eigenvalue weighted by molar-refractivity contribution is 0.0955. The van der Waals surface area contributed by atoms with Crippen molar-refractivity contribution in [3.63, 3.8) is 0 Å². The lowest BCUT2D eigenvalue weighted by Gasteiger charge is -1.98. The highest BCUT2D eigenvalue weighted by Crippen LogP contribution is 2.01. The molecule has 2 aromatic rings. The molecule has 0 fully saturated rings. The Morgan fingerprint density at radius 3 is 2.42 bits per heavy atom. The number of rotatable bonds is 3. The molecular formula is C15H11N3O. The number of amides is 1. The van der Waals surface area contributed by atoms with Gasteiger partial charge in [0, 0.05) is 5.56 Å². The lowest BCUT2D eigenvalue weighted by Crippen LogP contribution is -2.17. The van der Waals surface area contributed by atoms with Crippen LogP contribution in [-0.4, -0.2) is 12.1 Å². The van der Waals surface area contributed by atoms with Crippen LogP contribution >= 0.6 is 0 Å². The van der Waals surface area contributed by atoms with Crippen LogP contribution < -0.4 is 5.43 Å². The Labute approximate surface area is 111 Å². The maximum atomic E-state index is 11.7. The first-order valence-corrected chi connectivity index (χ1v) is 5.68. The summed E-state index contributed by atoms with van der Waals surface area (Å²) in [4.78, 5) is 11.7. The van der Waals surface area contributed by atoms with Crippen molar-refractivity contribution in [1.82, 2.24) is 5.43 Å². The molecule has 92 valence electrons. The van der Waals surface area contributed by atoms with Gasteiger partial charge < -0.3 is 0 Å². The summed E-state index contributed by atoms with van der Waals surface area (Å²) in [5.41, 5.74) is 4.40. The van der Waals surface area contributed by atoms with Crippen LogP contribution in [0.5, 0.6) is 0 Å². The van der Waals surface area contributed by atoms with E-state index in [1.807, 2.05) is 12.1 Å². The second-order valence-corrected chi connectivity index (χ2v) is 3.80. The van der Waals surface area contributed by atoms with Crippen molar-refractivity contribution in [2.75, 3.05) is 0 Å². The van der Waals surface area contributed by atoms with Crippen LogP contribution in [0.4, 0.5) is 0 Å². The minimum atomic E-state index is -0.259. The number of carbonyl (C=O) groups is 1. The van der Waals surface area contributed by atoms with Crippen molar-refractivity contribution in [1.29, 1.82) is 5.26 Å². The molecule has 0 aromatic heterocycles. The molecule has 1 N–H and O–H groups in total. The number of hydrogen-bond donors (Lipinski definition) is 1. The molecule has 0 spiro atoms. The lowest BCUT2D eigenvalue weighted by atomic mass is 10.2. The number of benzene rings is 2. The van der Waals surface area contributed by atoms with Crippen LogP contribution in [0.2, 0.25) is 0 Å². The highest BCUT2D eigenvalue weighted by atomic mass is 16.2. The van der Waals surface area contributed by atoms with E-state index in [9.17, 15) is 4.79 Å². The van der Waals surface area contributed by atoms with Crippen LogP contribution in [0.3, 0.4) is 0 Å². The summed E-state index contributed by atoms with van der Waals surface area (Å²) in [6.45, 7) is 0. The van der Waals surface area contributed by atoms with Crippen LogP contribution in [-0.2, 0) is 0 Å². The third kappa shape index (κ3) is 3.51. The SMILES string of the molecule is N#Cc1ccc(/C=N\NC(=O)c2ccccc2)cc1. The third-order valence-electron chi connectivity index (χ3n) is 2.46. The van der Waals surface area contributed by atoms with E-state index in [0.717, 1.165) is 5.56 Å². The Kier molecular flexibility index (Phi) is 4.04. The number of hydrogen-bond acceptors (Lipinski definition) is 3. The van der Waals surface area contributed by atoms with E-state index in [2.05, 4.69) is 10.5 Å². The maximum Gasteiger partial charge on any atom is 0.271 e. The zero-order valence-corrected chi connectivity index (χ0v) is 10.1.